The second-order valence-corrected chi connectivity index (χ2v) is 3.68. The lowest BCUT2D eigenvalue weighted by atomic mass is 10.2. The SMILES string of the molecule is CCCCC1N(C)C=NN1CCC. The van der Waals surface area contributed by atoms with E-state index in [0.29, 0.717) is 6.17 Å². The van der Waals surface area contributed by atoms with E-state index < -0.39 is 0 Å². The van der Waals surface area contributed by atoms with E-state index in [2.05, 4.69) is 35.9 Å². The Morgan fingerprint density at radius 1 is 1.31 bits per heavy atom. The van der Waals surface area contributed by atoms with Gasteiger partial charge in [0.1, 0.15) is 12.5 Å². The fourth-order valence-electron chi connectivity index (χ4n) is 1.69. The summed E-state index contributed by atoms with van der Waals surface area (Å²) in [5.41, 5.74) is 0. The van der Waals surface area contributed by atoms with Crippen molar-refractivity contribution in [1.82, 2.24) is 9.91 Å². The summed E-state index contributed by atoms with van der Waals surface area (Å²) in [6.45, 7) is 5.51. The molecule has 0 aromatic carbocycles. The summed E-state index contributed by atoms with van der Waals surface area (Å²) in [6.07, 6.45) is 7.42. The molecular weight excluding hydrogens is 162 g/mol. The van der Waals surface area contributed by atoms with Crippen LogP contribution in [0, 0.1) is 0 Å². The first kappa shape index (κ1) is 10.4. The maximum Gasteiger partial charge on any atom is 0.118 e. The molecular formula is C10H21N3. The van der Waals surface area contributed by atoms with Gasteiger partial charge in [-0.3, -0.25) is 5.01 Å². The summed E-state index contributed by atoms with van der Waals surface area (Å²) >= 11 is 0. The fourth-order valence-corrected chi connectivity index (χ4v) is 1.69. The van der Waals surface area contributed by atoms with Gasteiger partial charge in [0.2, 0.25) is 0 Å². The van der Waals surface area contributed by atoms with Gasteiger partial charge in [-0.25, -0.2) is 0 Å². The Bertz CT molecular complexity index is 168. The summed E-state index contributed by atoms with van der Waals surface area (Å²) in [4.78, 5) is 2.21. The lowest BCUT2D eigenvalue weighted by Crippen LogP contribution is -2.37. The lowest BCUT2D eigenvalue weighted by molar-refractivity contribution is 0.135. The van der Waals surface area contributed by atoms with E-state index >= 15 is 0 Å². The van der Waals surface area contributed by atoms with Crippen LogP contribution in [0.1, 0.15) is 39.5 Å². The molecule has 0 amide bonds. The van der Waals surface area contributed by atoms with E-state index in [-0.39, 0.29) is 0 Å². The summed E-state index contributed by atoms with van der Waals surface area (Å²) in [7, 11) is 2.11. The highest BCUT2D eigenvalue weighted by Crippen LogP contribution is 2.16. The second kappa shape index (κ2) is 5.10. The van der Waals surface area contributed by atoms with Crippen molar-refractivity contribution in [2.45, 2.75) is 45.7 Å². The number of hydrogen-bond donors (Lipinski definition) is 0. The van der Waals surface area contributed by atoms with Crippen molar-refractivity contribution in [3.8, 4) is 0 Å². The molecule has 0 radical (unpaired) electrons. The molecule has 1 unspecified atom stereocenters. The average Bonchev–Trinajstić information content (AvgIpc) is 2.45. The number of unbranched alkanes of at least 4 members (excludes halogenated alkanes) is 1. The normalized spacial score (nSPS) is 21.6. The van der Waals surface area contributed by atoms with Crippen LogP contribution >= 0.6 is 0 Å². The van der Waals surface area contributed by atoms with Crippen LogP contribution in [-0.2, 0) is 0 Å². The molecule has 0 N–H and O–H groups in total. The third-order valence-corrected chi connectivity index (χ3v) is 2.46. The first-order chi connectivity index (χ1) is 6.29. The highest BCUT2D eigenvalue weighted by Gasteiger charge is 2.23. The Morgan fingerprint density at radius 2 is 2.08 bits per heavy atom. The molecule has 0 spiro atoms. The maximum absolute atomic E-state index is 4.38. The van der Waals surface area contributed by atoms with Gasteiger partial charge in [0.15, 0.2) is 0 Å². The zero-order chi connectivity index (χ0) is 9.68. The standard InChI is InChI=1S/C10H21N3/c1-4-6-7-10-12(3)9-11-13(10)8-5-2/h9-10H,4-8H2,1-3H3. The molecule has 0 aromatic rings. The molecule has 0 saturated carbocycles. The van der Waals surface area contributed by atoms with Crippen LogP contribution in [0.3, 0.4) is 0 Å². The zero-order valence-electron chi connectivity index (χ0n) is 9.03. The molecule has 1 aliphatic heterocycles. The van der Waals surface area contributed by atoms with Crippen molar-refractivity contribution in [2.24, 2.45) is 5.10 Å². The number of hydrogen-bond acceptors (Lipinski definition) is 3. The van der Waals surface area contributed by atoms with Crippen molar-refractivity contribution < 1.29 is 0 Å². The smallest absolute Gasteiger partial charge is 0.118 e. The number of hydrazone groups is 1. The van der Waals surface area contributed by atoms with Gasteiger partial charge in [-0.15, -0.1) is 0 Å². The maximum atomic E-state index is 4.38. The van der Waals surface area contributed by atoms with Crippen molar-refractivity contribution in [1.29, 1.82) is 0 Å². The minimum absolute atomic E-state index is 0.514. The van der Waals surface area contributed by atoms with Crippen LogP contribution in [0.25, 0.3) is 0 Å². The van der Waals surface area contributed by atoms with Gasteiger partial charge in [-0.1, -0.05) is 20.3 Å². The van der Waals surface area contributed by atoms with E-state index in [9.17, 15) is 0 Å². The molecule has 76 valence electrons. The first-order valence-electron chi connectivity index (χ1n) is 5.32. The largest absolute Gasteiger partial charge is 0.343 e. The van der Waals surface area contributed by atoms with Crippen LogP contribution in [0.4, 0.5) is 0 Å². The van der Waals surface area contributed by atoms with Gasteiger partial charge >= 0.3 is 0 Å². The first-order valence-corrected chi connectivity index (χ1v) is 5.32. The Hall–Kier alpha value is -0.730. The molecule has 0 bridgehead atoms. The molecule has 1 rings (SSSR count). The van der Waals surface area contributed by atoms with Gasteiger partial charge in [0.25, 0.3) is 0 Å². The van der Waals surface area contributed by atoms with Gasteiger partial charge in [0, 0.05) is 13.6 Å². The zero-order valence-corrected chi connectivity index (χ0v) is 9.03. The topological polar surface area (TPSA) is 18.8 Å². The minimum atomic E-state index is 0.514. The molecule has 3 nitrogen and oxygen atoms in total. The Balaban J connectivity index is 2.39. The lowest BCUT2D eigenvalue weighted by Gasteiger charge is -2.27. The van der Waals surface area contributed by atoms with Crippen LogP contribution in [-0.4, -0.2) is 36.0 Å². The summed E-state index contributed by atoms with van der Waals surface area (Å²) in [6, 6.07) is 0. The molecule has 0 aromatic heterocycles. The molecule has 1 heterocycles. The van der Waals surface area contributed by atoms with E-state index in [1.807, 2.05) is 6.34 Å². The predicted octanol–water partition coefficient (Wildman–Crippen LogP) is 2.10. The Morgan fingerprint density at radius 3 is 2.69 bits per heavy atom. The average molecular weight is 183 g/mol. The predicted molar refractivity (Wildman–Crippen MR) is 56.6 cm³/mol. The summed E-state index contributed by atoms with van der Waals surface area (Å²) in [5, 5.41) is 6.58. The third-order valence-electron chi connectivity index (χ3n) is 2.46. The summed E-state index contributed by atoms with van der Waals surface area (Å²) < 4.78 is 0. The molecule has 1 atom stereocenters. The fraction of sp³-hybridized carbons (Fsp3) is 0.900. The highest BCUT2D eigenvalue weighted by atomic mass is 15.6. The van der Waals surface area contributed by atoms with Gasteiger partial charge < -0.3 is 4.90 Å². The molecule has 1 aliphatic rings. The number of rotatable bonds is 5. The number of nitrogens with zero attached hydrogens (tertiary/aromatic N) is 3. The van der Waals surface area contributed by atoms with Crippen molar-refractivity contribution in [2.75, 3.05) is 13.6 Å². The van der Waals surface area contributed by atoms with Crippen LogP contribution in [0.5, 0.6) is 0 Å². The van der Waals surface area contributed by atoms with Crippen LogP contribution in [0.15, 0.2) is 5.10 Å². The quantitative estimate of drug-likeness (QED) is 0.650. The molecule has 13 heavy (non-hydrogen) atoms. The van der Waals surface area contributed by atoms with E-state index in [0.717, 1.165) is 6.54 Å². The third kappa shape index (κ3) is 2.61. The van der Waals surface area contributed by atoms with Crippen molar-refractivity contribution >= 4 is 6.34 Å². The Kier molecular flexibility index (Phi) is 4.06. The van der Waals surface area contributed by atoms with Crippen LogP contribution < -0.4 is 0 Å². The van der Waals surface area contributed by atoms with Crippen LogP contribution in [0.2, 0.25) is 0 Å². The van der Waals surface area contributed by atoms with E-state index in [1.54, 1.807) is 0 Å². The Labute approximate surface area is 81.4 Å². The molecule has 0 saturated heterocycles. The molecule has 0 aliphatic carbocycles. The highest BCUT2D eigenvalue weighted by molar-refractivity contribution is 5.56. The summed E-state index contributed by atoms with van der Waals surface area (Å²) in [5.74, 6) is 0. The minimum Gasteiger partial charge on any atom is -0.343 e. The van der Waals surface area contributed by atoms with E-state index in [1.165, 1.54) is 25.7 Å². The second-order valence-electron chi connectivity index (χ2n) is 3.68. The van der Waals surface area contributed by atoms with E-state index in [4.69, 9.17) is 0 Å². The monoisotopic (exact) mass is 183 g/mol. The van der Waals surface area contributed by atoms with Gasteiger partial charge in [-0.05, 0) is 19.3 Å². The van der Waals surface area contributed by atoms with Gasteiger partial charge in [0.05, 0.1) is 0 Å². The molecule has 0 fully saturated rings. The van der Waals surface area contributed by atoms with Gasteiger partial charge in [-0.2, -0.15) is 5.10 Å². The van der Waals surface area contributed by atoms with Crippen molar-refractivity contribution in [3.63, 3.8) is 0 Å². The van der Waals surface area contributed by atoms with Crippen molar-refractivity contribution in [3.05, 3.63) is 0 Å². The molecule has 3 heteroatoms.